The van der Waals surface area contributed by atoms with E-state index in [1.807, 2.05) is 0 Å². The van der Waals surface area contributed by atoms with E-state index in [2.05, 4.69) is 4.74 Å². The van der Waals surface area contributed by atoms with E-state index >= 15 is 0 Å². The molecular formula is C5HCl3F6O3. The Balaban J connectivity index is 5.35. The lowest BCUT2D eigenvalue weighted by Crippen LogP contribution is -2.60. The van der Waals surface area contributed by atoms with Crippen molar-refractivity contribution in [1.82, 2.24) is 0 Å². The van der Waals surface area contributed by atoms with Crippen LogP contribution in [0.1, 0.15) is 0 Å². The molecule has 0 saturated carbocycles. The molecule has 0 radical (unpaired) electrons. The van der Waals surface area contributed by atoms with Gasteiger partial charge in [-0.25, -0.2) is 4.79 Å². The van der Waals surface area contributed by atoms with Crippen molar-refractivity contribution < 1.29 is 41.0 Å². The SMILES string of the molecule is O=C(OC(O)(C(F)(F)F)C(F)(F)F)C(Cl)(Cl)Cl. The molecule has 0 aliphatic heterocycles. The van der Waals surface area contributed by atoms with Gasteiger partial charge < -0.3 is 9.84 Å². The molecule has 12 heteroatoms. The molecule has 102 valence electrons. The van der Waals surface area contributed by atoms with Crippen molar-refractivity contribution in [1.29, 1.82) is 0 Å². The topological polar surface area (TPSA) is 46.5 Å². The third-order valence-corrected chi connectivity index (χ3v) is 1.70. The van der Waals surface area contributed by atoms with E-state index in [0.717, 1.165) is 0 Å². The maximum absolute atomic E-state index is 12.0. The van der Waals surface area contributed by atoms with Gasteiger partial charge in [-0.05, 0) is 0 Å². The van der Waals surface area contributed by atoms with E-state index in [4.69, 9.17) is 39.9 Å². The first-order valence-corrected chi connectivity index (χ1v) is 4.42. The highest BCUT2D eigenvalue weighted by atomic mass is 35.6. The summed E-state index contributed by atoms with van der Waals surface area (Å²) in [6.45, 7) is 0. The lowest BCUT2D eigenvalue weighted by molar-refractivity contribution is -0.444. The second-order valence-electron chi connectivity index (χ2n) is 2.53. The van der Waals surface area contributed by atoms with Crippen LogP contribution in [0.5, 0.6) is 0 Å². The number of hydrogen-bond acceptors (Lipinski definition) is 3. The molecule has 0 spiro atoms. The molecular weight excluding hydrogens is 328 g/mol. The molecule has 17 heavy (non-hydrogen) atoms. The van der Waals surface area contributed by atoms with Crippen LogP contribution in [0.25, 0.3) is 0 Å². The zero-order valence-corrected chi connectivity index (χ0v) is 9.43. The van der Waals surface area contributed by atoms with Gasteiger partial charge in [0.1, 0.15) is 0 Å². The van der Waals surface area contributed by atoms with Crippen molar-refractivity contribution in [2.45, 2.75) is 21.9 Å². The van der Waals surface area contributed by atoms with Crippen molar-refractivity contribution in [2.75, 3.05) is 0 Å². The van der Waals surface area contributed by atoms with Crippen LogP contribution in [-0.2, 0) is 9.53 Å². The van der Waals surface area contributed by atoms with Crippen molar-refractivity contribution in [3.8, 4) is 0 Å². The summed E-state index contributed by atoms with van der Waals surface area (Å²) in [7, 11) is 0. The molecule has 0 saturated heterocycles. The van der Waals surface area contributed by atoms with Crippen LogP contribution >= 0.6 is 34.8 Å². The predicted molar refractivity (Wildman–Crippen MR) is 43.4 cm³/mol. The van der Waals surface area contributed by atoms with Crippen molar-refractivity contribution in [3.05, 3.63) is 0 Å². The molecule has 0 fully saturated rings. The number of rotatable bonds is 1. The zero-order chi connectivity index (χ0) is 14.3. The fourth-order valence-electron chi connectivity index (χ4n) is 0.468. The third-order valence-electron chi connectivity index (χ3n) is 1.24. The number of aliphatic hydroxyl groups is 1. The number of carbonyl (C=O) groups excluding carboxylic acids is 1. The summed E-state index contributed by atoms with van der Waals surface area (Å²) in [5.41, 5.74) is 0. The molecule has 0 aromatic heterocycles. The van der Waals surface area contributed by atoms with E-state index in [1.54, 1.807) is 0 Å². The average Bonchev–Trinajstić information content (AvgIpc) is 1.97. The van der Waals surface area contributed by atoms with Gasteiger partial charge in [0.25, 0.3) is 3.79 Å². The minimum Gasteiger partial charge on any atom is -0.413 e. The number of ether oxygens (including phenoxy) is 1. The number of esters is 1. The largest absolute Gasteiger partial charge is 0.465 e. The zero-order valence-electron chi connectivity index (χ0n) is 7.17. The van der Waals surface area contributed by atoms with Gasteiger partial charge in [-0.15, -0.1) is 0 Å². The maximum Gasteiger partial charge on any atom is 0.465 e. The summed E-state index contributed by atoms with van der Waals surface area (Å²) in [5, 5.41) is 8.35. The van der Waals surface area contributed by atoms with Crippen LogP contribution in [-0.4, -0.2) is 33.0 Å². The van der Waals surface area contributed by atoms with Crippen LogP contribution in [0.3, 0.4) is 0 Å². The Morgan fingerprint density at radius 3 is 1.41 bits per heavy atom. The monoisotopic (exact) mass is 328 g/mol. The van der Waals surface area contributed by atoms with Gasteiger partial charge in [0.05, 0.1) is 0 Å². The van der Waals surface area contributed by atoms with Gasteiger partial charge >= 0.3 is 24.1 Å². The van der Waals surface area contributed by atoms with E-state index in [-0.39, 0.29) is 0 Å². The highest BCUT2D eigenvalue weighted by molar-refractivity contribution is 6.75. The minimum atomic E-state index is -6.35. The maximum atomic E-state index is 12.0. The van der Waals surface area contributed by atoms with E-state index < -0.39 is 27.9 Å². The highest BCUT2D eigenvalue weighted by Gasteiger charge is 2.75. The fourth-order valence-corrected chi connectivity index (χ4v) is 0.584. The first-order valence-electron chi connectivity index (χ1n) is 3.29. The Hall–Kier alpha value is -0.120. The predicted octanol–water partition coefficient (Wildman–Crippen LogP) is 2.71. The number of alkyl halides is 9. The average molecular weight is 329 g/mol. The summed E-state index contributed by atoms with van der Waals surface area (Å²) < 4.78 is 71.4. The van der Waals surface area contributed by atoms with E-state index in [0.29, 0.717) is 0 Å². The molecule has 3 nitrogen and oxygen atoms in total. The van der Waals surface area contributed by atoms with Gasteiger partial charge in [0.2, 0.25) is 0 Å². The number of carbonyl (C=O) groups is 1. The van der Waals surface area contributed by atoms with Gasteiger partial charge in [-0.3, -0.25) is 0 Å². The summed E-state index contributed by atoms with van der Waals surface area (Å²) >= 11 is 14.1. The van der Waals surface area contributed by atoms with E-state index in [1.165, 1.54) is 0 Å². The minimum absolute atomic E-state index is 2.53. The Labute approximate surface area is 104 Å². The molecule has 0 unspecified atom stereocenters. The molecule has 1 N–H and O–H groups in total. The Kier molecular flexibility index (Phi) is 4.49. The molecule has 0 heterocycles. The molecule has 0 aromatic carbocycles. The van der Waals surface area contributed by atoms with Gasteiger partial charge in [-0.2, -0.15) is 26.3 Å². The molecule has 0 bridgehead atoms. The summed E-state index contributed by atoms with van der Waals surface area (Å²) in [4.78, 5) is 10.6. The second-order valence-corrected chi connectivity index (χ2v) is 4.81. The smallest absolute Gasteiger partial charge is 0.413 e. The van der Waals surface area contributed by atoms with E-state index in [9.17, 15) is 31.1 Å². The number of halogens is 9. The third kappa shape index (κ3) is 3.67. The molecule has 0 amide bonds. The first kappa shape index (κ1) is 16.9. The lowest BCUT2D eigenvalue weighted by atomic mass is 10.2. The van der Waals surface area contributed by atoms with Crippen LogP contribution in [0.4, 0.5) is 26.3 Å². The molecule has 0 aliphatic rings. The molecule has 0 rings (SSSR count). The van der Waals surface area contributed by atoms with Crippen LogP contribution in [0, 0.1) is 0 Å². The second kappa shape index (κ2) is 4.52. The molecule has 0 aliphatic carbocycles. The lowest BCUT2D eigenvalue weighted by Gasteiger charge is -2.31. The first-order chi connectivity index (χ1) is 7.13. The van der Waals surface area contributed by atoms with Crippen LogP contribution in [0.15, 0.2) is 0 Å². The normalized spacial score (nSPS) is 14.7. The summed E-state index contributed by atoms with van der Waals surface area (Å²) in [5.74, 6) is -8.28. The van der Waals surface area contributed by atoms with Crippen molar-refractivity contribution in [2.24, 2.45) is 0 Å². The summed E-state index contributed by atoms with van der Waals surface area (Å²) in [6, 6.07) is 0. The number of hydrogen-bond donors (Lipinski definition) is 1. The standard InChI is InChI=1S/C5HCl3F6O3/c6-2(7,8)1(15)17-3(16,4(9,10)11)5(12,13)14/h16H. The van der Waals surface area contributed by atoms with Crippen molar-refractivity contribution >= 4 is 40.8 Å². The quantitative estimate of drug-likeness (QED) is 0.348. The van der Waals surface area contributed by atoms with Crippen LogP contribution < -0.4 is 0 Å². The summed E-state index contributed by atoms with van der Waals surface area (Å²) in [6.07, 6.45) is -12.7. The van der Waals surface area contributed by atoms with Gasteiger partial charge in [0, 0.05) is 0 Å². The fraction of sp³-hybridized carbons (Fsp3) is 0.800. The Morgan fingerprint density at radius 1 is 0.941 bits per heavy atom. The van der Waals surface area contributed by atoms with Crippen molar-refractivity contribution in [3.63, 3.8) is 0 Å². The Bertz CT molecular complexity index is 291. The Morgan fingerprint density at radius 2 is 1.24 bits per heavy atom. The van der Waals surface area contributed by atoms with Gasteiger partial charge in [-0.1, -0.05) is 34.8 Å². The highest BCUT2D eigenvalue weighted by Crippen LogP contribution is 2.45. The molecule has 0 aromatic rings. The van der Waals surface area contributed by atoms with Crippen LogP contribution in [0.2, 0.25) is 0 Å². The molecule has 0 atom stereocenters. The van der Waals surface area contributed by atoms with Gasteiger partial charge in [0.15, 0.2) is 0 Å².